The Balaban J connectivity index is 2.13. The molecule has 76 valence electrons. The first kappa shape index (κ1) is 8.97. The van der Waals surface area contributed by atoms with E-state index in [4.69, 9.17) is 4.74 Å². The molecule has 1 saturated heterocycles. The van der Waals surface area contributed by atoms with Crippen LogP contribution in [0.25, 0.3) is 0 Å². The van der Waals surface area contributed by atoms with Gasteiger partial charge in [0.15, 0.2) is 0 Å². The zero-order chi connectivity index (χ0) is 9.81. The van der Waals surface area contributed by atoms with Crippen LogP contribution in [-0.2, 0) is 0 Å². The molecule has 1 aromatic carbocycles. The van der Waals surface area contributed by atoms with E-state index in [1.807, 2.05) is 0 Å². The molecule has 0 radical (unpaired) electrons. The quantitative estimate of drug-likeness (QED) is 0.199. The van der Waals surface area contributed by atoms with Crippen molar-refractivity contribution in [2.45, 2.75) is 19.4 Å². The number of fused-ring (bicyclic) bond motifs is 2. The Morgan fingerprint density at radius 1 is 1.36 bits per heavy atom. The second-order valence-corrected chi connectivity index (χ2v) is 7.80. The summed E-state index contributed by atoms with van der Waals surface area (Å²) in [6.45, 7) is 5.56. The number of ether oxygens (including phenoxy) is 1. The van der Waals surface area contributed by atoms with Crippen molar-refractivity contribution in [1.82, 2.24) is 2.70 Å². The number of benzene rings is 1. The zero-order valence-corrected chi connectivity index (χ0v) is 10.6. The molecule has 1 unspecified atom stereocenters. The molecule has 1 fully saturated rings. The number of quaternary nitrogens is 1. The minimum atomic E-state index is 0.0184. The van der Waals surface area contributed by atoms with E-state index >= 15 is 0 Å². The molecular formula is C11H14INO. The van der Waals surface area contributed by atoms with Gasteiger partial charge in [-0.2, -0.15) is 0 Å². The molecule has 0 aromatic heterocycles. The topological polar surface area (TPSA) is 9.23 Å². The van der Waals surface area contributed by atoms with E-state index in [9.17, 15) is 0 Å². The SMILES string of the molecule is CC1(C)C[N+]2(C[I-]2)c2ccccc2O1. The van der Waals surface area contributed by atoms with E-state index in [-0.39, 0.29) is 5.60 Å². The Kier molecular flexibility index (Phi) is 1.69. The molecule has 3 heteroatoms. The number of hydrogen-bond acceptors (Lipinski definition) is 1. The summed E-state index contributed by atoms with van der Waals surface area (Å²) in [5.74, 6) is 1.11. The summed E-state index contributed by atoms with van der Waals surface area (Å²) in [6.07, 6.45) is 0. The first-order valence-corrected chi connectivity index (χ1v) is 7.37. The summed E-state index contributed by atoms with van der Waals surface area (Å²) in [6, 6.07) is 8.54. The van der Waals surface area contributed by atoms with Gasteiger partial charge < -0.3 is 0 Å². The third-order valence-corrected chi connectivity index (χ3v) is 5.91. The zero-order valence-electron chi connectivity index (χ0n) is 8.46. The van der Waals surface area contributed by atoms with Gasteiger partial charge in [-0.05, 0) is 0 Å². The minimum absolute atomic E-state index is 0.0184. The maximum atomic E-state index is 6.00. The number of hydrogen-bond donors (Lipinski definition) is 0. The normalized spacial score (nSPS) is 32.7. The van der Waals surface area contributed by atoms with Crippen molar-refractivity contribution < 1.29 is 26.2 Å². The summed E-state index contributed by atoms with van der Waals surface area (Å²) in [7, 11) is 0. The predicted octanol–water partition coefficient (Wildman–Crippen LogP) is -0.860. The standard InChI is InChI=1S/C11H14INO/c1-11(2)7-13(8-12-13)9-5-3-4-6-10(9)14-11/h3-6H,7-8H2,1-2H3. The van der Waals surface area contributed by atoms with E-state index in [0.717, 1.165) is 12.3 Å². The third kappa shape index (κ3) is 1.26. The van der Waals surface area contributed by atoms with Crippen molar-refractivity contribution >= 4 is 5.69 Å². The van der Waals surface area contributed by atoms with Crippen LogP contribution in [0.2, 0.25) is 0 Å². The van der Waals surface area contributed by atoms with Gasteiger partial charge in [0.1, 0.15) is 0 Å². The first-order valence-electron chi connectivity index (χ1n) is 4.88. The Hall–Kier alpha value is -0.290. The molecule has 0 saturated carbocycles. The molecule has 0 N–H and O–H groups in total. The second kappa shape index (κ2) is 2.64. The Morgan fingerprint density at radius 3 is 2.79 bits per heavy atom. The van der Waals surface area contributed by atoms with E-state index < -0.39 is 0 Å². The molecule has 2 nitrogen and oxygen atoms in total. The Bertz CT molecular complexity index is 385. The van der Waals surface area contributed by atoms with Crippen molar-refractivity contribution in [3.63, 3.8) is 0 Å². The van der Waals surface area contributed by atoms with Crippen LogP contribution in [0, 0.1) is 0 Å². The van der Waals surface area contributed by atoms with E-state index in [1.54, 1.807) is 0 Å². The molecule has 0 amide bonds. The van der Waals surface area contributed by atoms with Gasteiger partial charge in [-0.15, -0.1) is 0 Å². The van der Waals surface area contributed by atoms with Crippen LogP contribution >= 0.6 is 0 Å². The second-order valence-electron chi connectivity index (χ2n) is 4.59. The Labute approximate surface area is 95.1 Å². The maximum absolute atomic E-state index is 6.00. The fourth-order valence-electron chi connectivity index (χ4n) is 2.17. The fourth-order valence-corrected chi connectivity index (χ4v) is 4.98. The molecule has 1 aromatic rings. The molecule has 1 spiro atoms. The van der Waals surface area contributed by atoms with Crippen molar-refractivity contribution in [2.75, 3.05) is 11.1 Å². The molecule has 1 atom stereocenters. The van der Waals surface area contributed by atoms with Gasteiger partial charge in [-0.25, -0.2) is 0 Å². The van der Waals surface area contributed by atoms with Gasteiger partial charge in [0.2, 0.25) is 0 Å². The van der Waals surface area contributed by atoms with Crippen LogP contribution in [-0.4, -0.2) is 16.7 Å². The van der Waals surface area contributed by atoms with Crippen LogP contribution in [0.15, 0.2) is 24.3 Å². The van der Waals surface area contributed by atoms with Crippen LogP contribution in [0.5, 0.6) is 5.75 Å². The van der Waals surface area contributed by atoms with Crippen LogP contribution < -0.4 is 28.9 Å². The Morgan fingerprint density at radius 2 is 2.07 bits per heavy atom. The monoisotopic (exact) mass is 303 g/mol. The van der Waals surface area contributed by atoms with Gasteiger partial charge >= 0.3 is 95.2 Å². The average molecular weight is 303 g/mol. The van der Waals surface area contributed by atoms with Gasteiger partial charge in [-0.3, -0.25) is 0 Å². The van der Waals surface area contributed by atoms with Crippen LogP contribution in [0.1, 0.15) is 13.8 Å². The molecular weight excluding hydrogens is 289 g/mol. The molecule has 0 bridgehead atoms. The number of halogens is 1. The summed E-state index contributed by atoms with van der Waals surface area (Å²) >= 11 is 0.341. The summed E-state index contributed by atoms with van der Waals surface area (Å²) < 4.78 is 8.64. The van der Waals surface area contributed by atoms with Gasteiger partial charge in [0, 0.05) is 0 Å². The first-order chi connectivity index (χ1) is 6.61. The number of para-hydroxylation sites is 2. The fraction of sp³-hybridized carbons (Fsp3) is 0.455. The molecule has 0 aliphatic carbocycles. The van der Waals surface area contributed by atoms with E-state index in [2.05, 4.69) is 38.1 Å². The summed E-state index contributed by atoms with van der Waals surface area (Å²) in [5.41, 5.74) is 1.45. The molecule has 14 heavy (non-hydrogen) atoms. The van der Waals surface area contributed by atoms with E-state index in [1.165, 1.54) is 12.9 Å². The van der Waals surface area contributed by atoms with Gasteiger partial charge in [-0.1, -0.05) is 0 Å². The number of rotatable bonds is 0. The van der Waals surface area contributed by atoms with Crippen molar-refractivity contribution in [1.29, 1.82) is 0 Å². The van der Waals surface area contributed by atoms with Gasteiger partial charge in [0.05, 0.1) is 0 Å². The average Bonchev–Trinajstić information content (AvgIpc) is 2.83. The molecule has 3 rings (SSSR count). The van der Waals surface area contributed by atoms with Crippen molar-refractivity contribution in [3.8, 4) is 5.75 Å². The van der Waals surface area contributed by atoms with Crippen LogP contribution in [0.3, 0.4) is 0 Å². The van der Waals surface area contributed by atoms with Crippen LogP contribution in [0.4, 0.5) is 5.69 Å². The third-order valence-electron chi connectivity index (χ3n) is 2.72. The van der Waals surface area contributed by atoms with Gasteiger partial charge in [0.25, 0.3) is 0 Å². The van der Waals surface area contributed by atoms with Crippen molar-refractivity contribution in [3.05, 3.63) is 24.3 Å². The van der Waals surface area contributed by atoms with Crippen molar-refractivity contribution in [2.24, 2.45) is 0 Å². The summed E-state index contributed by atoms with van der Waals surface area (Å²) in [5, 5.41) is 0. The summed E-state index contributed by atoms with van der Waals surface area (Å²) in [4.78, 5) is 0. The number of nitrogens with zero attached hydrogens (tertiary/aromatic N) is 1. The molecule has 2 heterocycles. The van der Waals surface area contributed by atoms with E-state index in [0.29, 0.717) is 21.5 Å². The molecule has 2 aliphatic rings. The molecule has 2 aliphatic heterocycles. The number of alkyl halides is 1. The predicted molar refractivity (Wildman–Crippen MR) is 52.7 cm³/mol.